The quantitative estimate of drug-likeness (QED) is 0.108. The first-order chi connectivity index (χ1) is 20.5. The summed E-state index contributed by atoms with van der Waals surface area (Å²) < 4.78 is 52.4. The topological polar surface area (TPSA) is 57.0 Å². The molecule has 1 unspecified atom stereocenters. The van der Waals surface area contributed by atoms with Crippen molar-refractivity contribution in [2.75, 3.05) is 6.61 Å². The molecule has 0 saturated heterocycles. The molecular weight excluding hydrogens is 555 g/mol. The molecule has 4 aromatic rings. The van der Waals surface area contributed by atoms with E-state index in [-0.39, 0.29) is 18.2 Å². The summed E-state index contributed by atoms with van der Waals surface area (Å²) in [5.74, 6) is 0.431. The van der Waals surface area contributed by atoms with E-state index in [0.717, 1.165) is 23.2 Å². The molecule has 8 heteroatoms. The summed E-state index contributed by atoms with van der Waals surface area (Å²) in [4.78, 5) is 25.3. The number of rotatable bonds is 14. The summed E-state index contributed by atoms with van der Waals surface area (Å²) in [7, 11) is 0. The van der Waals surface area contributed by atoms with Gasteiger partial charge in [0.1, 0.15) is 11.9 Å². The van der Waals surface area contributed by atoms with Crippen LogP contribution in [0, 0.1) is 5.92 Å². The van der Waals surface area contributed by atoms with Crippen molar-refractivity contribution in [3.8, 4) is 5.75 Å². The minimum Gasteiger partial charge on any atom is -0.486 e. The van der Waals surface area contributed by atoms with Gasteiger partial charge in [-0.3, -0.25) is 9.59 Å². The zero-order valence-corrected chi connectivity index (χ0v) is 24.8. The van der Waals surface area contributed by atoms with Gasteiger partial charge in [-0.25, -0.2) is 0 Å². The highest BCUT2D eigenvalue weighted by molar-refractivity contribution is 6.13. The van der Waals surface area contributed by atoms with Gasteiger partial charge in [0.05, 0.1) is 12.1 Å². The number of ether oxygens (including phenoxy) is 2. The Morgan fingerprint density at radius 2 is 1.67 bits per heavy atom. The van der Waals surface area contributed by atoms with Gasteiger partial charge in [0.15, 0.2) is 5.78 Å². The number of pyridine rings is 1. The number of fused-ring (bicyclic) bond motifs is 1. The molecule has 2 heterocycles. The second kappa shape index (κ2) is 14.4. The molecule has 0 fully saturated rings. The summed E-state index contributed by atoms with van der Waals surface area (Å²) >= 11 is 0. The van der Waals surface area contributed by atoms with Gasteiger partial charge in [0, 0.05) is 35.9 Å². The van der Waals surface area contributed by atoms with E-state index in [1.807, 2.05) is 59.1 Å². The van der Waals surface area contributed by atoms with Crippen LogP contribution in [0.5, 0.6) is 5.75 Å². The minimum absolute atomic E-state index is 0.179. The maximum Gasteiger partial charge on any atom is 0.389 e. The number of aryl methyl sites for hydroxylation is 1. The monoisotopic (exact) mass is 593 g/mol. The molecule has 0 aliphatic heterocycles. The maximum atomic E-state index is 13.6. The Hall–Kier alpha value is -4.07. The van der Waals surface area contributed by atoms with E-state index in [4.69, 9.17) is 9.47 Å². The fraction of sp³-hybridized carbons (Fsp3) is 0.371. The minimum atomic E-state index is -4.30. The first kappa shape index (κ1) is 31.9. The predicted octanol–water partition coefficient (Wildman–Crippen LogP) is 8.72. The molecule has 43 heavy (non-hydrogen) atoms. The average Bonchev–Trinajstić information content (AvgIpc) is 3.34. The third-order valence-corrected chi connectivity index (χ3v) is 7.20. The number of alkyl halides is 3. The van der Waals surface area contributed by atoms with E-state index in [9.17, 15) is 22.8 Å². The molecular formula is C35H38F3NO4. The molecule has 4 rings (SSSR count). The Morgan fingerprint density at radius 1 is 0.953 bits per heavy atom. The van der Waals surface area contributed by atoms with E-state index in [0.29, 0.717) is 54.2 Å². The zero-order valence-electron chi connectivity index (χ0n) is 24.8. The average molecular weight is 594 g/mol. The number of benzene rings is 2. The number of esters is 1. The SMILES string of the molecule is CCOC(=O)CCCc1cc(C(=O)c2ccc(OC(CCC(F)(F)F)c3ccc(CC(C)C)cc3)cc2)c2ccccn12. The fourth-order valence-electron chi connectivity index (χ4n) is 5.18. The first-order valence-electron chi connectivity index (χ1n) is 14.8. The summed E-state index contributed by atoms with van der Waals surface area (Å²) in [6.45, 7) is 6.34. The number of aromatic nitrogens is 1. The van der Waals surface area contributed by atoms with Crippen LogP contribution in [0.3, 0.4) is 0 Å². The second-order valence-electron chi connectivity index (χ2n) is 11.1. The van der Waals surface area contributed by atoms with E-state index >= 15 is 0 Å². The van der Waals surface area contributed by atoms with Gasteiger partial charge >= 0.3 is 12.1 Å². The van der Waals surface area contributed by atoms with Gasteiger partial charge in [0.2, 0.25) is 0 Å². The Labute approximate surface area is 250 Å². The van der Waals surface area contributed by atoms with Crippen LogP contribution >= 0.6 is 0 Å². The maximum absolute atomic E-state index is 13.6. The van der Waals surface area contributed by atoms with Crippen molar-refractivity contribution in [3.63, 3.8) is 0 Å². The molecule has 0 saturated carbocycles. The standard InChI is InChI=1S/C35H38F3NO4/c1-4-42-33(40)10-7-8-28-23-30(31-9-5-6-21-39(28)31)34(41)27-15-17-29(18-16-27)43-32(19-20-35(36,37)38)26-13-11-25(12-14-26)22-24(2)3/h5-6,9,11-18,21,23-24,32H,4,7-8,10,19-20,22H2,1-3H3. The van der Waals surface area contributed by atoms with Crippen molar-refractivity contribution in [3.05, 3.63) is 107 Å². The molecule has 2 aromatic carbocycles. The smallest absolute Gasteiger partial charge is 0.389 e. The Bertz CT molecular complexity index is 1510. The number of hydrogen-bond acceptors (Lipinski definition) is 4. The molecule has 0 N–H and O–H groups in total. The van der Waals surface area contributed by atoms with Crippen molar-refractivity contribution < 1.29 is 32.2 Å². The zero-order chi connectivity index (χ0) is 31.0. The van der Waals surface area contributed by atoms with E-state index in [2.05, 4.69) is 13.8 Å². The van der Waals surface area contributed by atoms with Crippen molar-refractivity contribution in [1.29, 1.82) is 0 Å². The van der Waals surface area contributed by atoms with Crippen LogP contribution < -0.4 is 4.74 Å². The number of ketones is 1. The normalized spacial score (nSPS) is 12.4. The Balaban J connectivity index is 1.50. The molecule has 1 atom stereocenters. The van der Waals surface area contributed by atoms with Crippen LogP contribution in [-0.2, 0) is 22.4 Å². The summed E-state index contributed by atoms with van der Waals surface area (Å²) in [5.41, 5.74) is 4.43. The molecule has 228 valence electrons. The molecule has 0 bridgehead atoms. The van der Waals surface area contributed by atoms with Crippen molar-refractivity contribution in [1.82, 2.24) is 4.40 Å². The molecule has 0 amide bonds. The lowest BCUT2D eigenvalue weighted by Gasteiger charge is -2.21. The lowest BCUT2D eigenvalue weighted by molar-refractivity contribution is -0.143. The van der Waals surface area contributed by atoms with Crippen LogP contribution in [-0.4, -0.2) is 28.9 Å². The highest BCUT2D eigenvalue weighted by atomic mass is 19.4. The predicted molar refractivity (Wildman–Crippen MR) is 160 cm³/mol. The molecule has 0 aliphatic carbocycles. The van der Waals surface area contributed by atoms with E-state index in [1.165, 1.54) is 0 Å². The fourth-order valence-corrected chi connectivity index (χ4v) is 5.18. The molecule has 0 aliphatic rings. The number of carbonyl (C=O) groups excluding carboxylic acids is 2. The number of nitrogens with zero attached hydrogens (tertiary/aromatic N) is 1. The van der Waals surface area contributed by atoms with Gasteiger partial charge in [0.25, 0.3) is 0 Å². The molecule has 5 nitrogen and oxygen atoms in total. The lowest BCUT2D eigenvalue weighted by atomic mass is 9.98. The van der Waals surface area contributed by atoms with Gasteiger partial charge in [-0.1, -0.05) is 44.2 Å². The molecule has 0 radical (unpaired) electrons. The third-order valence-electron chi connectivity index (χ3n) is 7.20. The summed E-state index contributed by atoms with van der Waals surface area (Å²) in [5, 5.41) is 0. The number of halogens is 3. The summed E-state index contributed by atoms with van der Waals surface area (Å²) in [6.07, 6.45) is -2.01. The van der Waals surface area contributed by atoms with Gasteiger partial charge in [-0.05, 0) is 92.1 Å². The van der Waals surface area contributed by atoms with E-state index in [1.54, 1.807) is 31.2 Å². The van der Waals surface area contributed by atoms with Crippen LogP contribution in [0.2, 0.25) is 0 Å². The lowest BCUT2D eigenvalue weighted by Crippen LogP contribution is -2.14. The second-order valence-corrected chi connectivity index (χ2v) is 11.1. The third kappa shape index (κ3) is 8.96. The van der Waals surface area contributed by atoms with Crippen LogP contribution in [0.4, 0.5) is 13.2 Å². The molecule has 0 spiro atoms. The highest BCUT2D eigenvalue weighted by Crippen LogP contribution is 2.32. The van der Waals surface area contributed by atoms with Crippen LogP contribution in [0.1, 0.15) is 85.3 Å². The Morgan fingerprint density at radius 3 is 2.33 bits per heavy atom. The van der Waals surface area contributed by atoms with Gasteiger partial charge < -0.3 is 13.9 Å². The Kier molecular flexibility index (Phi) is 10.7. The van der Waals surface area contributed by atoms with E-state index < -0.39 is 18.7 Å². The van der Waals surface area contributed by atoms with Crippen molar-refractivity contribution >= 4 is 17.3 Å². The highest BCUT2D eigenvalue weighted by Gasteiger charge is 2.29. The van der Waals surface area contributed by atoms with Crippen molar-refractivity contribution in [2.24, 2.45) is 5.92 Å². The summed E-state index contributed by atoms with van der Waals surface area (Å²) in [6, 6.07) is 21.5. The number of carbonyl (C=O) groups is 2. The number of hydrogen-bond donors (Lipinski definition) is 0. The first-order valence-corrected chi connectivity index (χ1v) is 14.8. The van der Waals surface area contributed by atoms with Crippen LogP contribution in [0.15, 0.2) is 79.0 Å². The largest absolute Gasteiger partial charge is 0.486 e. The van der Waals surface area contributed by atoms with Gasteiger partial charge in [-0.15, -0.1) is 0 Å². The van der Waals surface area contributed by atoms with Gasteiger partial charge in [-0.2, -0.15) is 13.2 Å². The van der Waals surface area contributed by atoms with Crippen molar-refractivity contribution in [2.45, 2.75) is 71.6 Å². The molecule has 2 aromatic heterocycles. The van der Waals surface area contributed by atoms with Crippen LogP contribution in [0.25, 0.3) is 5.52 Å².